The van der Waals surface area contributed by atoms with Gasteiger partial charge in [0.05, 0.1) is 0 Å². The minimum atomic E-state index is 0.0730. The predicted molar refractivity (Wildman–Crippen MR) is 59.8 cm³/mol. The van der Waals surface area contributed by atoms with Crippen LogP contribution in [0.2, 0.25) is 0 Å². The largest absolute Gasteiger partial charge is 0.341 e. The Bertz CT molecular complexity index is 232. The Morgan fingerprint density at radius 1 is 1.40 bits per heavy atom. The first-order chi connectivity index (χ1) is 7.24. The van der Waals surface area contributed by atoms with Crippen LogP contribution in [0.5, 0.6) is 0 Å². The number of nitrogens with zero attached hydrogens (tertiary/aromatic N) is 1. The van der Waals surface area contributed by atoms with Crippen LogP contribution in [0.4, 0.5) is 4.79 Å². The van der Waals surface area contributed by atoms with E-state index in [1.54, 1.807) is 7.05 Å². The van der Waals surface area contributed by atoms with Gasteiger partial charge < -0.3 is 15.5 Å². The van der Waals surface area contributed by atoms with Crippen LogP contribution < -0.4 is 10.6 Å². The van der Waals surface area contributed by atoms with E-state index in [1.165, 1.54) is 12.8 Å². The van der Waals surface area contributed by atoms with Gasteiger partial charge in [0.15, 0.2) is 0 Å². The minimum Gasteiger partial charge on any atom is -0.341 e. The first kappa shape index (κ1) is 10.7. The Labute approximate surface area is 91.4 Å². The highest BCUT2D eigenvalue weighted by atomic mass is 16.2. The van der Waals surface area contributed by atoms with Gasteiger partial charge in [-0.1, -0.05) is 0 Å². The molecule has 2 atom stereocenters. The molecule has 2 saturated heterocycles. The molecule has 0 spiro atoms. The van der Waals surface area contributed by atoms with Crippen LogP contribution in [0.1, 0.15) is 32.6 Å². The average Bonchev–Trinajstić information content (AvgIpc) is 2.59. The standard InChI is InChI=1S/C11H21N3O/c1-3-14(11(15)12-2)10-6-8-4-5-9(7-10)13-8/h8-10,13H,3-7H2,1-2H3,(H,12,15). The molecule has 4 nitrogen and oxygen atoms in total. The van der Waals surface area contributed by atoms with Crippen LogP contribution in [0.3, 0.4) is 0 Å². The van der Waals surface area contributed by atoms with Gasteiger partial charge in [-0.3, -0.25) is 0 Å². The zero-order valence-electron chi connectivity index (χ0n) is 9.62. The van der Waals surface area contributed by atoms with Crippen molar-refractivity contribution in [3.63, 3.8) is 0 Å². The van der Waals surface area contributed by atoms with Crippen molar-refractivity contribution in [3.8, 4) is 0 Å². The molecule has 0 aliphatic carbocycles. The van der Waals surface area contributed by atoms with Crippen molar-refractivity contribution in [2.24, 2.45) is 0 Å². The summed E-state index contributed by atoms with van der Waals surface area (Å²) >= 11 is 0. The van der Waals surface area contributed by atoms with Crippen molar-refractivity contribution in [1.82, 2.24) is 15.5 Å². The molecule has 2 N–H and O–H groups in total. The summed E-state index contributed by atoms with van der Waals surface area (Å²) in [5, 5.41) is 6.33. The number of fused-ring (bicyclic) bond motifs is 2. The maximum absolute atomic E-state index is 11.7. The maximum Gasteiger partial charge on any atom is 0.317 e. The second kappa shape index (κ2) is 4.39. The van der Waals surface area contributed by atoms with Crippen molar-refractivity contribution in [3.05, 3.63) is 0 Å². The number of urea groups is 1. The van der Waals surface area contributed by atoms with E-state index in [0.29, 0.717) is 18.1 Å². The normalized spacial score (nSPS) is 33.9. The third-order valence-electron chi connectivity index (χ3n) is 3.70. The van der Waals surface area contributed by atoms with E-state index in [9.17, 15) is 4.79 Å². The van der Waals surface area contributed by atoms with Gasteiger partial charge in [0.2, 0.25) is 0 Å². The Hall–Kier alpha value is -0.770. The number of hydrogen-bond donors (Lipinski definition) is 2. The maximum atomic E-state index is 11.7. The van der Waals surface area contributed by atoms with Crippen LogP contribution in [-0.2, 0) is 0 Å². The SMILES string of the molecule is CCN(C(=O)NC)C1CC2CCC(C1)N2. The molecular formula is C11H21N3O. The zero-order valence-corrected chi connectivity index (χ0v) is 9.62. The van der Waals surface area contributed by atoms with E-state index in [2.05, 4.69) is 17.6 Å². The van der Waals surface area contributed by atoms with Crippen LogP contribution in [0, 0.1) is 0 Å². The zero-order chi connectivity index (χ0) is 10.8. The summed E-state index contributed by atoms with van der Waals surface area (Å²) in [6, 6.07) is 1.80. The quantitative estimate of drug-likeness (QED) is 0.713. The monoisotopic (exact) mass is 211 g/mol. The lowest BCUT2D eigenvalue weighted by atomic mass is 9.98. The topological polar surface area (TPSA) is 44.4 Å². The summed E-state index contributed by atoms with van der Waals surface area (Å²) in [5.41, 5.74) is 0. The van der Waals surface area contributed by atoms with E-state index in [1.807, 2.05) is 4.90 Å². The lowest BCUT2D eigenvalue weighted by Crippen LogP contribution is -2.52. The number of amides is 2. The van der Waals surface area contributed by atoms with Gasteiger partial charge in [-0.2, -0.15) is 0 Å². The molecule has 15 heavy (non-hydrogen) atoms. The molecule has 0 radical (unpaired) electrons. The van der Waals surface area contributed by atoms with Gasteiger partial charge in [-0.05, 0) is 32.6 Å². The van der Waals surface area contributed by atoms with E-state index in [4.69, 9.17) is 0 Å². The molecule has 2 unspecified atom stereocenters. The molecule has 2 aliphatic heterocycles. The van der Waals surface area contributed by atoms with Crippen molar-refractivity contribution in [2.75, 3.05) is 13.6 Å². The summed E-state index contributed by atoms with van der Waals surface area (Å²) < 4.78 is 0. The highest BCUT2D eigenvalue weighted by Gasteiger charge is 2.36. The first-order valence-corrected chi connectivity index (χ1v) is 5.99. The summed E-state index contributed by atoms with van der Waals surface area (Å²) in [7, 11) is 1.71. The van der Waals surface area contributed by atoms with Crippen LogP contribution in [0.25, 0.3) is 0 Å². The number of piperidine rings is 1. The highest BCUT2D eigenvalue weighted by molar-refractivity contribution is 5.74. The van der Waals surface area contributed by atoms with Gasteiger partial charge in [-0.25, -0.2) is 4.79 Å². The van der Waals surface area contributed by atoms with E-state index >= 15 is 0 Å². The molecule has 2 fully saturated rings. The Morgan fingerprint density at radius 2 is 2.00 bits per heavy atom. The molecule has 0 aromatic heterocycles. The molecule has 0 aromatic carbocycles. The van der Waals surface area contributed by atoms with Gasteiger partial charge in [-0.15, -0.1) is 0 Å². The fraction of sp³-hybridized carbons (Fsp3) is 0.909. The number of rotatable bonds is 2. The van der Waals surface area contributed by atoms with Crippen molar-refractivity contribution in [1.29, 1.82) is 0 Å². The van der Waals surface area contributed by atoms with E-state index in [-0.39, 0.29) is 6.03 Å². The van der Waals surface area contributed by atoms with E-state index < -0.39 is 0 Å². The lowest BCUT2D eigenvalue weighted by molar-refractivity contribution is 0.152. The molecule has 86 valence electrons. The summed E-state index contributed by atoms with van der Waals surface area (Å²) in [5.74, 6) is 0. The van der Waals surface area contributed by atoms with Crippen LogP contribution in [0.15, 0.2) is 0 Å². The van der Waals surface area contributed by atoms with Crippen LogP contribution in [-0.4, -0.2) is 42.6 Å². The molecule has 0 aromatic rings. The fourth-order valence-corrected chi connectivity index (χ4v) is 2.99. The fourth-order valence-electron chi connectivity index (χ4n) is 2.99. The number of hydrogen-bond acceptors (Lipinski definition) is 2. The minimum absolute atomic E-state index is 0.0730. The molecule has 2 aliphatic rings. The van der Waals surface area contributed by atoms with Crippen molar-refractivity contribution < 1.29 is 4.79 Å². The van der Waals surface area contributed by atoms with Crippen LogP contribution >= 0.6 is 0 Å². The van der Waals surface area contributed by atoms with Gasteiger partial charge >= 0.3 is 6.03 Å². The molecule has 0 saturated carbocycles. The second-order valence-corrected chi connectivity index (χ2v) is 4.60. The molecule has 2 heterocycles. The lowest BCUT2D eigenvalue weighted by Gasteiger charge is -2.36. The third kappa shape index (κ3) is 2.09. The smallest absolute Gasteiger partial charge is 0.317 e. The molecule has 2 bridgehead atoms. The Kier molecular flexibility index (Phi) is 3.14. The summed E-state index contributed by atoms with van der Waals surface area (Å²) in [6.07, 6.45) is 4.81. The molecule has 2 amide bonds. The second-order valence-electron chi connectivity index (χ2n) is 4.60. The summed E-state index contributed by atoms with van der Waals surface area (Å²) in [4.78, 5) is 13.6. The van der Waals surface area contributed by atoms with Gasteiger partial charge in [0.1, 0.15) is 0 Å². The molecular weight excluding hydrogens is 190 g/mol. The number of nitrogens with one attached hydrogen (secondary N) is 2. The van der Waals surface area contributed by atoms with Gasteiger partial charge in [0, 0.05) is 31.7 Å². The van der Waals surface area contributed by atoms with Gasteiger partial charge in [0.25, 0.3) is 0 Å². The molecule has 2 rings (SSSR count). The Balaban J connectivity index is 1.99. The average molecular weight is 211 g/mol. The number of carbonyl (C=O) groups excluding carboxylic acids is 1. The van der Waals surface area contributed by atoms with Crippen molar-refractivity contribution >= 4 is 6.03 Å². The predicted octanol–water partition coefficient (Wildman–Crippen LogP) is 0.931. The summed E-state index contributed by atoms with van der Waals surface area (Å²) in [6.45, 7) is 2.86. The Morgan fingerprint density at radius 3 is 2.47 bits per heavy atom. The third-order valence-corrected chi connectivity index (χ3v) is 3.70. The number of carbonyl (C=O) groups is 1. The van der Waals surface area contributed by atoms with Crippen molar-refractivity contribution in [2.45, 2.75) is 50.7 Å². The molecule has 4 heteroatoms. The first-order valence-electron chi connectivity index (χ1n) is 5.99. The van der Waals surface area contributed by atoms with E-state index in [0.717, 1.165) is 19.4 Å². The highest BCUT2D eigenvalue weighted by Crippen LogP contribution is 2.29.